The molecular weight excluding hydrogens is 298 g/mol. The Balaban J connectivity index is 1.50. The Bertz CT molecular complexity index is 539. The molecule has 0 amide bonds. The van der Waals surface area contributed by atoms with Crippen LogP contribution in [0.5, 0.6) is 0 Å². The Morgan fingerprint density at radius 3 is 2.25 bits per heavy atom. The fourth-order valence-electron chi connectivity index (χ4n) is 4.22. The van der Waals surface area contributed by atoms with Gasteiger partial charge in [-0.05, 0) is 62.7 Å². The van der Waals surface area contributed by atoms with Crippen LogP contribution in [0, 0.1) is 11.8 Å². The summed E-state index contributed by atoms with van der Waals surface area (Å²) in [5.74, 6) is 1.79. The van der Waals surface area contributed by atoms with Crippen LogP contribution in [0.25, 0.3) is 0 Å². The quantitative estimate of drug-likeness (QED) is 0.791. The SMILES string of the molecule is CC(=O)c1ccc(N2CCC(N3CCC(C(C)C)CC3)CC2)cn1. The zero-order chi connectivity index (χ0) is 17.1. The lowest BCUT2D eigenvalue weighted by Gasteiger charge is -2.43. The van der Waals surface area contributed by atoms with E-state index >= 15 is 0 Å². The summed E-state index contributed by atoms with van der Waals surface area (Å²) in [6.07, 6.45) is 7.06. The monoisotopic (exact) mass is 329 g/mol. The largest absolute Gasteiger partial charge is 0.370 e. The average molecular weight is 329 g/mol. The van der Waals surface area contributed by atoms with Crippen molar-refractivity contribution in [3.63, 3.8) is 0 Å². The smallest absolute Gasteiger partial charge is 0.178 e. The normalized spacial score (nSPS) is 21.4. The molecule has 3 heterocycles. The van der Waals surface area contributed by atoms with Crippen LogP contribution in [0.3, 0.4) is 0 Å². The van der Waals surface area contributed by atoms with E-state index < -0.39 is 0 Å². The number of ketones is 1. The molecule has 3 rings (SSSR count). The zero-order valence-electron chi connectivity index (χ0n) is 15.4. The van der Waals surface area contributed by atoms with E-state index in [1.165, 1.54) is 38.8 Å². The Morgan fingerprint density at radius 2 is 1.75 bits per heavy atom. The van der Waals surface area contributed by atoms with Crippen molar-refractivity contribution in [3.05, 3.63) is 24.0 Å². The predicted octanol–water partition coefficient (Wildman–Crippen LogP) is 3.62. The maximum Gasteiger partial charge on any atom is 0.178 e. The van der Waals surface area contributed by atoms with Crippen molar-refractivity contribution < 1.29 is 4.79 Å². The first-order valence-corrected chi connectivity index (χ1v) is 9.50. The summed E-state index contributed by atoms with van der Waals surface area (Å²) >= 11 is 0. The van der Waals surface area contributed by atoms with E-state index in [4.69, 9.17) is 0 Å². The van der Waals surface area contributed by atoms with Gasteiger partial charge in [-0.2, -0.15) is 0 Å². The van der Waals surface area contributed by atoms with Crippen LogP contribution >= 0.6 is 0 Å². The van der Waals surface area contributed by atoms with E-state index in [1.54, 1.807) is 6.92 Å². The molecule has 2 aliphatic heterocycles. The molecule has 0 aromatic carbocycles. The summed E-state index contributed by atoms with van der Waals surface area (Å²) in [7, 11) is 0. The number of rotatable bonds is 4. The summed E-state index contributed by atoms with van der Waals surface area (Å²) in [6, 6.07) is 4.64. The van der Waals surface area contributed by atoms with Gasteiger partial charge in [-0.3, -0.25) is 9.78 Å². The Kier molecular flexibility index (Phi) is 5.54. The van der Waals surface area contributed by atoms with Gasteiger partial charge in [-0.1, -0.05) is 13.8 Å². The first-order valence-electron chi connectivity index (χ1n) is 9.50. The number of nitrogens with zero attached hydrogens (tertiary/aromatic N) is 3. The van der Waals surface area contributed by atoms with E-state index in [-0.39, 0.29) is 5.78 Å². The van der Waals surface area contributed by atoms with E-state index in [0.29, 0.717) is 5.69 Å². The van der Waals surface area contributed by atoms with Crippen LogP contribution in [0.15, 0.2) is 18.3 Å². The lowest BCUT2D eigenvalue weighted by atomic mass is 9.85. The van der Waals surface area contributed by atoms with Crippen LogP contribution in [0.4, 0.5) is 5.69 Å². The maximum atomic E-state index is 11.3. The third kappa shape index (κ3) is 3.97. The molecule has 132 valence electrons. The summed E-state index contributed by atoms with van der Waals surface area (Å²) in [4.78, 5) is 20.8. The minimum absolute atomic E-state index is 0.0325. The molecule has 4 nitrogen and oxygen atoms in total. The van der Waals surface area contributed by atoms with Gasteiger partial charge in [0.2, 0.25) is 0 Å². The van der Waals surface area contributed by atoms with E-state index in [1.807, 2.05) is 18.3 Å². The molecule has 0 aliphatic carbocycles. The number of hydrogen-bond acceptors (Lipinski definition) is 4. The zero-order valence-corrected chi connectivity index (χ0v) is 15.4. The number of likely N-dealkylation sites (tertiary alicyclic amines) is 1. The van der Waals surface area contributed by atoms with Gasteiger partial charge in [0.1, 0.15) is 5.69 Å². The summed E-state index contributed by atoms with van der Waals surface area (Å²) in [6.45, 7) is 11.0. The molecule has 2 fully saturated rings. The summed E-state index contributed by atoms with van der Waals surface area (Å²) < 4.78 is 0. The van der Waals surface area contributed by atoms with E-state index in [9.17, 15) is 4.79 Å². The second-order valence-corrected chi connectivity index (χ2v) is 7.79. The highest BCUT2D eigenvalue weighted by molar-refractivity contribution is 5.92. The minimum Gasteiger partial charge on any atom is -0.370 e. The van der Waals surface area contributed by atoms with E-state index in [2.05, 4.69) is 28.6 Å². The topological polar surface area (TPSA) is 36.4 Å². The van der Waals surface area contributed by atoms with Gasteiger partial charge in [-0.15, -0.1) is 0 Å². The number of carbonyl (C=O) groups excluding carboxylic acids is 1. The predicted molar refractivity (Wildman–Crippen MR) is 98.6 cm³/mol. The minimum atomic E-state index is 0.0325. The highest BCUT2D eigenvalue weighted by Gasteiger charge is 2.29. The van der Waals surface area contributed by atoms with Crippen molar-refractivity contribution in [2.45, 2.75) is 52.5 Å². The van der Waals surface area contributed by atoms with Crippen LogP contribution in [0.1, 0.15) is 56.9 Å². The molecule has 0 bridgehead atoms. The van der Waals surface area contributed by atoms with Gasteiger partial charge in [0.05, 0.1) is 11.9 Å². The first kappa shape index (κ1) is 17.4. The fraction of sp³-hybridized carbons (Fsp3) is 0.700. The molecule has 24 heavy (non-hydrogen) atoms. The standard InChI is InChI=1S/C20H31N3O/c1-15(2)17-6-10-22(11-7-17)18-8-12-23(13-9-18)19-4-5-20(16(3)24)21-14-19/h4-5,14-15,17-18H,6-13H2,1-3H3. The number of Topliss-reactive ketones (excluding diaryl/α,β-unsaturated/α-hetero) is 1. The highest BCUT2D eigenvalue weighted by atomic mass is 16.1. The second-order valence-electron chi connectivity index (χ2n) is 7.79. The number of anilines is 1. The van der Waals surface area contributed by atoms with Crippen molar-refractivity contribution in [2.75, 3.05) is 31.1 Å². The number of pyridine rings is 1. The lowest BCUT2D eigenvalue weighted by Crippen LogP contribution is -2.48. The van der Waals surface area contributed by atoms with Gasteiger partial charge in [0.15, 0.2) is 5.78 Å². The molecule has 1 aromatic rings. The second kappa shape index (κ2) is 7.64. The van der Waals surface area contributed by atoms with Crippen molar-refractivity contribution in [1.29, 1.82) is 0 Å². The fourth-order valence-corrected chi connectivity index (χ4v) is 4.22. The average Bonchev–Trinajstić information content (AvgIpc) is 2.62. The van der Waals surface area contributed by atoms with Gasteiger partial charge >= 0.3 is 0 Å². The van der Waals surface area contributed by atoms with Gasteiger partial charge < -0.3 is 9.80 Å². The lowest BCUT2D eigenvalue weighted by molar-refractivity contribution is 0.100. The van der Waals surface area contributed by atoms with Gasteiger partial charge in [0, 0.05) is 26.1 Å². The third-order valence-corrected chi connectivity index (χ3v) is 5.97. The number of aromatic nitrogens is 1. The molecule has 0 N–H and O–H groups in total. The summed E-state index contributed by atoms with van der Waals surface area (Å²) in [5.41, 5.74) is 1.71. The van der Waals surface area contributed by atoms with Gasteiger partial charge in [-0.25, -0.2) is 0 Å². The molecule has 2 aliphatic rings. The summed E-state index contributed by atoms with van der Waals surface area (Å²) in [5, 5.41) is 0. The van der Waals surface area contributed by atoms with Gasteiger partial charge in [0.25, 0.3) is 0 Å². The van der Waals surface area contributed by atoms with Crippen molar-refractivity contribution >= 4 is 11.5 Å². The molecule has 0 spiro atoms. The highest BCUT2D eigenvalue weighted by Crippen LogP contribution is 2.29. The van der Waals surface area contributed by atoms with Crippen LogP contribution < -0.4 is 4.90 Å². The number of piperidine rings is 2. The number of hydrogen-bond donors (Lipinski definition) is 0. The Hall–Kier alpha value is -1.42. The molecule has 4 heteroatoms. The molecule has 2 saturated heterocycles. The van der Waals surface area contributed by atoms with Crippen LogP contribution in [-0.4, -0.2) is 47.9 Å². The van der Waals surface area contributed by atoms with E-state index in [0.717, 1.165) is 36.7 Å². The Labute approximate surface area is 146 Å². The molecule has 0 atom stereocenters. The van der Waals surface area contributed by atoms with Crippen LogP contribution in [-0.2, 0) is 0 Å². The maximum absolute atomic E-state index is 11.3. The molecule has 1 aromatic heterocycles. The molecule has 0 saturated carbocycles. The van der Waals surface area contributed by atoms with Crippen molar-refractivity contribution in [1.82, 2.24) is 9.88 Å². The Morgan fingerprint density at radius 1 is 1.08 bits per heavy atom. The molecular formula is C20H31N3O. The first-order chi connectivity index (χ1) is 11.5. The van der Waals surface area contributed by atoms with Crippen molar-refractivity contribution in [3.8, 4) is 0 Å². The molecule has 0 radical (unpaired) electrons. The third-order valence-electron chi connectivity index (χ3n) is 5.97. The number of carbonyl (C=O) groups is 1. The van der Waals surface area contributed by atoms with Crippen LogP contribution in [0.2, 0.25) is 0 Å². The van der Waals surface area contributed by atoms with Crippen molar-refractivity contribution in [2.24, 2.45) is 11.8 Å². The molecule has 0 unspecified atom stereocenters.